The predicted octanol–water partition coefficient (Wildman–Crippen LogP) is 2.01. The molecule has 82 valence electrons. The maximum Gasteiger partial charge on any atom is 0.152 e. The smallest absolute Gasteiger partial charge is 0.152 e. The fraction of sp³-hybridized carbons (Fsp3) is 0.0909. The van der Waals surface area contributed by atoms with E-state index in [-0.39, 0.29) is 5.82 Å². The molecule has 1 aromatic carbocycles. The zero-order chi connectivity index (χ0) is 11.4. The molecule has 4 nitrogen and oxygen atoms in total. The van der Waals surface area contributed by atoms with Crippen LogP contribution in [0.4, 0.5) is 10.1 Å². The highest BCUT2D eigenvalue weighted by atomic mass is 19.1. The average Bonchev–Trinajstić information content (AvgIpc) is 2.65. The molecule has 0 saturated carbocycles. The van der Waals surface area contributed by atoms with Gasteiger partial charge in [0, 0.05) is 19.4 Å². The normalized spacial score (nSPS) is 10.9. The first-order valence-electron chi connectivity index (χ1n) is 4.77. The van der Waals surface area contributed by atoms with E-state index in [1.807, 2.05) is 17.8 Å². The summed E-state index contributed by atoms with van der Waals surface area (Å²) in [5, 5.41) is 3.96. The molecule has 0 bridgehead atoms. The molecule has 0 radical (unpaired) electrons. The first kappa shape index (κ1) is 10.4. The lowest BCUT2D eigenvalue weighted by Crippen LogP contribution is -1.97. The van der Waals surface area contributed by atoms with Crippen molar-refractivity contribution in [3.63, 3.8) is 0 Å². The Balaban J connectivity index is 2.02. The van der Waals surface area contributed by atoms with Crippen LogP contribution in [0.3, 0.4) is 0 Å². The third kappa shape index (κ3) is 2.44. The molecule has 0 unspecified atom stereocenters. The van der Waals surface area contributed by atoms with Crippen molar-refractivity contribution in [3.8, 4) is 0 Å². The van der Waals surface area contributed by atoms with E-state index in [0.29, 0.717) is 5.69 Å². The molecule has 1 N–H and O–H groups in total. The molecule has 2 aromatic rings. The lowest BCUT2D eigenvalue weighted by molar-refractivity contribution is 0.628. The van der Waals surface area contributed by atoms with Gasteiger partial charge in [-0.2, -0.15) is 5.10 Å². The van der Waals surface area contributed by atoms with Crippen molar-refractivity contribution in [1.82, 2.24) is 9.55 Å². The number of aryl methyl sites for hydroxylation is 1. The molecule has 0 fully saturated rings. The van der Waals surface area contributed by atoms with Gasteiger partial charge in [0.25, 0.3) is 0 Å². The molecule has 0 atom stereocenters. The monoisotopic (exact) mass is 218 g/mol. The van der Waals surface area contributed by atoms with Crippen LogP contribution in [0.25, 0.3) is 0 Å². The summed E-state index contributed by atoms with van der Waals surface area (Å²) in [6.07, 6.45) is 5.08. The number of nitrogens with zero attached hydrogens (tertiary/aromatic N) is 3. The number of halogens is 1. The first-order chi connectivity index (χ1) is 7.75. The Morgan fingerprint density at radius 2 is 2.38 bits per heavy atom. The first-order valence-corrected chi connectivity index (χ1v) is 4.77. The van der Waals surface area contributed by atoms with Crippen molar-refractivity contribution in [2.75, 3.05) is 5.43 Å². The highest BCUT2D eigenvalue weighted by Crippen LogP contribution is 2.08. The molecule has 0 spiro atoms. The summed E-state index contributed by atoms with van der Waals surface area (Å²) in [7, 11) is 1.87. The van der Waals surface area contributed by atoms with Crippen molar-refractivity contribution < 1.29 is 4.39 Å². The van der Waals surface area contributed by atoms with Crippen LogP contribution < -0.4 is 5.43 Å². The van der Waals surface area contributed by atoms with Crippen LogP contribution in [0, 0.1) is 5.82 Å². The molecule has 0 aliphatic rings. The SMILES string of the molecule is Cn1ccnc1/C=N/Nc1cccc(F)c1. The van der Waals surface area contributed by atoms with Gasteiger partial charge in [-0.05, 0) is 18.2 Å². The number of hydrazone groups is 1. The number of aromatic nitrogens is 2. The fourth-order valence-corrected chi connectivity index (χ4v) is 1.22. The summed E-state index contributed by atoms with van der Waals surface area (Å²) in [4.78, 5) is 4.06. The second kappa shape index (κ2) is 4.57. The van der Waals surface area contributed by atoms with E-state index >= 15 is 0 Å². The molecular formula is C11H11FN4. The Morgan fingerprint density at radius 1 is 1.50 bits per heavy atom. The molecule has 0 aliphatic carbocycles. The van der Waals surface area contributed by atoms with E-state index in [2.05, 4.69) is 15.5 Å². The van der Waals surface area contributed by atoms with E-state index in [1.165, 1.54) is 12.1 Å². The summed E-state index contributed by atoms with van der Waals surface area (Å²) >= 11 is 0. The van der Waals surface area contributed by atoms with Crippen LogP contribution >= 0.6 is 0 Å². The zero-order valence-electron chi connectivity index (χ0n) is 8.76. The standard InChI is InChI=1S/C11H11FN4/c1-16-6-5-13-11(16)8-14-15-10-4-2-3-9(12)7-10/h2-8,15H,1H3/b14-8+. The summed E-state index contributed by atoms with van der Waals surface area (Å²) < 4.78 is 14.7. The number of rotatable bonds is 3. The van der Waals surface area contributed by atoms with Gasteiger partial charge in [0.05, 0.1) is 11.9 Å². The maximum atomic E-state index is 12.8. The van der Waals surface area contributed by atoms with Gasteiger partial charge < -0.3 is 4.57 Å². The minimum absolute atomic E-state index is 0.294. The third-order valence-corrected chi connectivity index (χ3v) is 2.06. The predicted molar refractivity (Wildman–Crippen MR) is 60.8 cm³/mol. The Bertz CT molecular complexity index is 504. The summed E-state index contributed by atoms with van der Waals surface area (Å²) in [6.45, 7) is 0. The summed E-state index contributed by atoms with van der Waals surface area (Å²) in [5.41, 5.74) is 3.33. The van der Waals surface area contributed by atoms with Crippen molar-refractivity contribution >= 4 is 11.9 Å². The van der Waals surface area contributed by atoms with Gasteiger partial charge in [-0.15, -0.1) is 0 Å². The number of hydrogen-bond donors (Lipinski definition) is 1. The number of imidazole rings is 1. The topological polar surface area (TPSA) is 42.2 Å². The Kier molecular flexibility index (Phi) is 2.95. The second-order valence-electron chi connectivity index (χ2n) is 3.28. The van der Waals surface area contributed by atoms with E-state index in [0.717, 1.165) is 5.82 Å². The van der Waals surface area contributed by atoms with Crippen LogP contribution in [0.15, 0.2) is 41.8 Å². The molecular weight excluding hydrogens is 207 g/mol. The Morgan fingerprint density at radius 3 is 3.06 bits per heavy atom. The molecule has 5 heteroatoms. The molecule has 1 heterocycles. The minimum Gasteiger partial charge on any atom is -0.333 e. The number of benzene rings is 1. The Labute approximate surface area is 92.4 Å². The van der Waals surface area contributed by atoms with Crippen molar-refractivity contribution in [3.05, 3.63) is 48.3 Å². The molecule has 0 aliphatic heterocycles. The van der Waals surface area contributed by atoms with Crippen LogP contribution in [-0.2, 0) is 7.05 Å². The quantitative estimate of drug-likeness (QED) is 0.632. The summed E-state index contributed by atoms with van der Waals surface area (Å²) in [5.74, 6) is 0.432. The van der Waals surface area contributed by atoms with Gasteiger partial charge in [-0.25, -0.2) is 9.37 Å². The largest absolute Gasteiger partial charge is 0.333 e. The van der Waals surface area contributed by atoms with Gasteiger partial charge in [0.2, 0.25) is 0 Å². The van der Waals surface area contributed by atoms with E-state index in [1.54, 1.807) is 24.5 Å². The third-order valence-electron chi connectivity index (χ3n) is 2.06. The molecule has 0 amide bonds. The highest BCUT2D eigenvalue weighted by Gasteiger charge is 1.94. The number of nitrogens with one attached hydrogen (secondary N) is 1. The van der Waals surface area contributed by atoms with Crippen LogP contribution in [0.5, 0.6) is 0 Å². The van der Waals surface area contributed by atoms with E-state index in [4.69, 9.17) is 0 Å². The van der Waals surface area contributed by atoms with Gasteiger partial charge >= 0.3 is 0 Å². The fourth-order valence-electron chi connectivity index (χ4n) is 1.22. The minimum atomic E-state index is -0.294. The van der Waals surface area contributed by atoms with Crippen molar-refractivity contribution in [2.45, 2.75) is 0 Å². The summed E-state index contributed by atoms with van der Waals surface area (Å²) in [6, 6.07) is 6.11. The number of hydrogen-bond acceptors (Lipinski definition) is 3. The number of anilines is 1. The van der Waals surface area contributed by atoms with Crippen LogP contribution in [-0.4, -0.2) is 15.8 Å². The van der Waals surface area contributed by atoms with Crippen molar-refractivity contribution in [1.29, 1.82) is 0 Å². The molecule has 0 saturated heterocycles. The lowest BCUT2D eigenvalue weighted by atomic mass is 10.3. The average molecular weight is 218 g/mol. The zero-order valence-corrected chi connectivity index (χ0v) is 8.76. The van der Waals surface area contributed by atoms with Gasteiger partial charge in [0.15, 0.2) is 5.82 Å². The maximum absolute atomic E-state index is 12.8. The second-order valence-corrected chi connectivity index (χ2v) is 3.28. The molecule has 16 heavy (non-hydrogen) atoms. The molecule has 2 rings (SSSR count). The molecule has 1 aromatic heterocycles. The van der Waals surface area contributed by atoms with Crippen molar-refractivity contribution in [2.24, 2.45) is 12.1 Å². The lowest BCUT2D eigenvalue weighted by Gasteiger charge is -1.99. The van der Waals surface area contributed by atoms with Gasteiger partial charge in [0.1, 0.15) is 5.82 Å². The highest BCUT2D eigenvalue weighted by molar-refractivity contribution is 5.75. The Hall–Kier alpha value is -2.17. The van der Waals surface area contributed by atoms with Gasteiger partial charge in [-0.1, -0.05) is 6.07 Å². The van der Waals surface area contributed by atoms with Crippen LogP contribution in [0.1, 0.15) is 5.82 Å². The van der Waals surface area contributed by atoms with Gasteiger partial charge in [-0.3, -0.25) is 5.43 Å². The van der Waals surface area contributed by atoms with Crippen LogP contribution in [0.2, 0.25) is 0 Å². The van der Waals surface area contributed by atoms with E-state index in [9.17, 15) is 4.39 Å². The van der Waals surface area contributed by atoms with E-state index < -0.39 is 0 Å².